The zero-order valence-electron chi connectivity index (χ0n) is 17.8. The molecule has 0 spiro atoms. The van der Waals surface area contributed by atoms with Gasteiger partial charge in [0.1, 0.15) is 0 Å². The van der Waals surface area contributed by atoms with Crippen LogP contribution in [-0.4, -0.2) is 38.5 Å². The van der Waals surface area contributed by atoms with Crippen molar-refractivity contribution in [1.29, 1.82) is 0 Å². The quantitative estimate of drug-likeness (QED) is 0.688. The van der Waals surface area contributed by atoms with Gasteiger partial charge in [-0.3, -0.25) is 9.59 Å². The number of nitrogens with one attached hydrogen (secondary N) is 2. The molecule has 158 valence electrons. The van der Waals surface area contributed by atoms with Gasteiger partial charge in [-0.05, 0) is 42.2 Å². The lowest BCUT2D eigenvalue weighted by Gasteiger charge is -2.24. The van der Waals surface area contributed by atoms with Gasteiger partial charge in [0.25, 0.3) is 5.91 Å². The normalized spacial score (nSPS) is 15.2. The average molecular weight is 408 g/mol. The number of rotatable bonds is 7. The summed E-state index contributed by atoms with van der Waals surface area (Å²) in [6.45, 7) is 4.55. The average Bonchev–Trinajstić information content (AvgIpc) is 2.76. The van der Waals surface area contributed by atoms with Crippen LogP contribution in [-0.2, 0) is 11.2 Å². The maximum Gasteiger partial charge on any atom is 0.251 e. The maximum absolute atomic E-state index is 13.1. The van der Waals surface area contributed by atoms with Crippen LogP contribution in [0.15, 0.2) is 48.5 Å². The van der Waals surface area contributed by atoms with Gasteiger partial charge in [0.2, 0.25) is 0 Å². The minimum absolute atomic E-state index is 0.0597. The van der Waals surface area contributed by atoms with Gasteiger partial charge in [-0.2, -0.15) is 0 Å². The number of carbonyl (C=O) groups is 2. The third kappa shape index (κ3) is 4.64. The van der Waals surface area contributed by atoms with Crippen LogP contribution in [0.5, 0.6) is 11.5 Å². The van der Waals surface area contributed by atoms with Gasteiger partial charge in [-0.25, -0.2) is 0 Å². The van der Waals surface area contributed by atoms with E-state index in [0.29, 0.717) is 23.6 Å². The van der Waals surface area contributed by atoms with E-state index in [4.69, 9.17) is 9.47 Å². The molecule has 1 aliphatic rings. The highest BCUT2D eigenvalue weighted by Crippen LogP contribution is 2.34. The summed E-state index contributed by atoms with van der Waals surface area (Å²) >= 11 is 0. The second-order valence-electron chi connectivity index (χ2n) is 7.56. The fourth-order valence-corrected chi connectivity index (χ4v) is 3.55. The first-order chi connectivity index (χ1) is 14.4. The molecule has 2 aromatic rings. The topological polar surface area (TPSA) is 76.7 Å². The fourth-order valence-electron chi connectivity index (χ4n) is 3.55. The number of fused-ring (bicyclic) bond motifs is 1. The third-order valence-corrected chi connectivity index (χ3v) is 5.19. The largest absolute Gasteiger partial charge is 0.493 e. The zero-order valence-corrected chi connectivity index (χ0v) is 17.8. The minimum Gasteiger partial charge on any atom is -0.493 e. The summed E-state index contributed by atoms with van der Waals surface area (Å²) in [5.74, 6) is 0.800. The lowest BCUT2D eigenvalue weighted by atomic mass is 9.93. The standard InChI is InChI=1S/C24H28N2O4/c1-15(2)23(26-24(28)16-8-6-5-7-9-16)20(27)14-19-18-13-22(30-4)21(29-3)12-17(18)10-11-25-19/h5-9,12-15,23,25H,10-11H2,1-4H3,(H,26,28)/t23-/m0/s1. The second kappa shape index (κ2) is 9.48. The molecule has 1 atom stereocenters. The van der Waals surface area contributed by atoms with Crippen LogP contribution in [0.3, 0.4) is 0 Å². The molecule has 0 fully saturated rings. The molecular formula is C24H28N2O4. The molecule has 1 amide bonds. The molecule has 30 heavy (non-hydrogen) atoms. The molecule has 1 aliphatic heterocycles. The van der Waals surface area contributed by atoms with Crippen molar-refractivity contribution >= 4 is 17.4 Å². The predicted molar refractivity (Wildman–Crippen MR) is 117 cm³/mol. The Bertz CT molecular complexity index is 951. The number of ketones is 1. The molecule has 1 heterocycles. The number of methoxy groups -OCH3 is 2. The molecule has 0 bridgehead atoms. The van der Waals surface area contributed by atoms with Gasteiger partial charge in [0.05, 0.1) is 20.3 Å². The number of hydrogen-bond donors (Lipinski definition) is 2. The zero-order chi connectivity index (χ0) is 21.7. The van der Waals surface area contributed by atoms with Crippen LogP contribution < -0.4 is 20.1 Å². The number of carbonyl (C=O) groups excluding carboxylic acids is 2. The van der Waals surface area contributed by atoms with Crippen LogP contribution in [0, 0.1) is 5.92 Å². The Balaban J connectivity index is 1.88. The van der Waals surface area contributed by atoms with Crippen molar-refractivity contribution in [2.45, 2.75) is 26.3 Å². The molecule has 0 saturated carbocycles. The highest BCUT2D eigenvalue weighted by atomic mass is 16.5. The lowest BCUT2D eigenvalue weighted by Crippen LogP contribution is -2.44. The van der Waals surface area contributed by atoms with E-state index in [1.165, 1.54) is 0 Å². The summed E-state index contributed by atoms with van der Waals surface area (Å²) in [6, 6.07) is 12.1. The van der Waals surface area contributed by atoms with Crippen molar-refractivity contribution in [2.24, 2.45) is 5.92 Å². The van der Waals surface area contributed by atoms with Crippen LogP contribution >= 0.6 is 0 Å². The van der Waals surface area contributed by atoms with Crippen molar-refractivity contribution in [1.82, 2.24) is 10.6 Å². The Hall–Kier alpha value is -3.28. The van der Waals surface area contributed by atoms with Gasteiger partial charge in [0.15, 0.2) is 17.3 Å². The van der Waals surface area contributed by atoms with Gasteiger partial charge in [-0.1, -0.05) is 32.0 Å². The SMILES string of the molecule is COc1cc2c(cc1OC)C(=CC(=O)[C@@H](NC(=O)c1ccccc1)C(C)C)NCC2. The number of amides is 1. The van der Waals surface area contributed by atoms with Crippen LogP contribution in [0.2, 0.25) is 0 Å². The molecule has 0 saturated heterocycles. The summed E-state index contributed by atoms with van der Waals surface area (Å²) in [6.07, 6.45) is 2.40. The molecule has 6 heteroatoms. The summed E-state index contributed by atoms with van der Waals surface area (Å²) in [7, 11) is 3.19. The Kier molecular flexibility index (Phi) is 6.77. The molecule has 2 N–H and O–H groups in total. The van der Waals surface area contributed by atoms with Crippen molar-refractivity contribution < 1.29 is 19.1 Å². The predicted octanol–water partition coefficient (Wildman–Crippen LogP) is 3.21. The molecular weight excluding hydrogens is 380 g/mol. The second-order valence-corrected chi connectivity index (χ2v) is 7.56. The minimum atomic E-state index is -0.627. The van der Waals surface area contributed by atoms with Crippen molar-refractivity contribution in [2.75, 3.05) is 20.8 Å². The number of hydrogen-bond acceptors (Lipinski definition) is 5. The molecule has 0 radical (unpaired) electrons. The van der Waals surface area contributed by atoms with E-state index in [1.807, 2.05) is 32.0 Å². The van der Waals surface area contributed by atoms with Gasteiger partial charge in [-0.15, -0.1) is 0 Å². The van der Waals surface area contributed by atoms with E-state index in [-0.39, 0.29) is 17.6 Å². The van der Waals surface area contributed by atoms with Crippen molar-refractivity contribution in [3.63, 3.8) is 0 Å². The monoisotopic (exact) mass is 408 g/mol. The summed E-state index contributed by atoms with van der Waals surface area (Å²) in [4.78, 5) is 25.7. The first-order valence-electron chi connectivity index (χ1n) is 10.0. The molecule has 0 aromatic heterocycles. The van der Waals surface area contributed by atoms with Crippen LogP contribution in [0.4, 0.5) is 0 Å². The van der Waals surface area contributed by atoms with Gasteiger partial charge in [0, 0.05) is 29.4 Å². The molecule has 3 rings (SSSR count). The first kappa shape index (κ1) is 21.4. The van der Waals surface area contributed by atoms with Crippen LogP contribution in [0.25, 0.3) is 5.70 Å². The maximum atomic E-state index is 13.1. The van der Waals surface area contributed by atoms with E-state index in [0.717, 1.165) is 23.2 Å². The van der Waals surface area contributed by atoms with E-state index in [2.05, 4.69) is 10.6 Å². The highest BCUT2D eigenvalue weighted by molar-refractivity contribution is 6.04. The Labute approximate surface area is 177 Å². The first-order valence-corrected chi connectivity index (χ1v) is 10.0. The van der Waals surface area contributed by atoms with Crippen molar-refractivity contribution in [3.8, 4) is 11.5 Å². The third-order valence-electron chi connectivity index (χ3n) is 5.19. The Morgan fingerprint density at radius 3 is 2.37 bits per heavy atom. The highest BCUT2D eigenvalue weighted by Gasteiger charge is 2.25. The number of ether oxygens (including phenoxy) is 2. The molecule has 6 nitrogen and oxygen atoms in total. The molecule has 0 unspecified atom stereocenters. The molecule has 0 aliphatic carbocycles. The molecule has 2 aromatic carbocycles. The summed E-state index contributed by atoms with van der Waals surface area (Å²) in [5.41, 5.74) is 3.24. The van der Waals surface area contributed by atoms with E-state index >= 15 is 0 Å². The van der Waals surface area contributed by atoms with E-state index in [1.54, 1.807) is 44.6 Å². The van der Waals surface area contributed by atoms with E-state index in [9.17, 15) is 9.59 Å². The Morgan fingerprint density at radius 1 is 1.07 bits per heavy atom. The lowest BCUT2D eigenvalue weighted by molar-refractivity contribution is -0.117. The summed E-state index contributed by atoms with van der Waals surface area (Å²) in [5, 5.41) is 6.19. The van der Waals surface area contributed by atoms with Crippen LogP contribution in [0.1, 0.15) is 35.3 Å². The number of benzene rings is 2. The van der Waals surface area contributed by atoms with E-state index < -0.39 is 6.04 Å². The van der Waals surface area contributed by atoms with Crippen molar-refractivity contribution in [3.05, 3.63) is 65.2 Å². The van der Waals surface area contributed by atoms with Gasteiger partial charge >= 0.3 is 0 Å². The van der Waals surface area contributed by atoms with Gasteiger partial charge < -0.3 is 20.1 Å². The summed E-state index contributed by atoms with van der Waals surface area (Å²) < 4.78 is 10.8. The Morgan fingerprint density at radius 2 is 1.73 bits per heavy atom. The fraction of sp³-hybridized carbons (Fsp3) is 0.333. The smallest absolute Gasteiger partial charge is 0.251 e.